The van der Waals surface area contributed by atoms with Crippen LogP contribution in [0, 0.1) is 10.1 Å². The van der Waals surface area contributed by atoms with Crippen molar-refractivity contribution in [1.82, 2.24) is 4.98 Å². The van der Waals surface area contributed by atoms with Crippen molar-refractivity contribution >= 4 is 28.4 Å². The molecule has 21 heavy (non-hydrogen) atoms. The molecule has 0 atom stereocenters. The first kappa shape index (κ1) is 14.9. The molecule has 2 aromatic rings. The summed E-state index contributed by atoms with van der Waals surface area (Å²) in [6.07, 6.45) is 3.95. The summed E-state index contributed by atoms with van der Waals surface area (Å²) >= 11 is 1.41. The van der Waals surface area contributed by atoms with Gasteiger partial charge < -0.3 is 4.74 Å². The van der Waals surface area contributed by atoms with Gasteiger partial charge in [0, 0.05) is 23.2 Å². The van der Waals surface area contributed by atoms with Crippen LogP contribution in [-0.2, 0) is 0 Å². The molecule has 1 heterocycles. The number of hydrazone groups is 1. The number of thiazole rings is 1. The number of nitrogens with zero attached hydrogens (tertiary/aromatic N) is 3. The highest BCUT2D eigenvalue weighted by Gasteiger charge is 2.15. The lowest BCUT2D eigenvalue weighted by Gasteiger charge is -2.05. The van der Waals surface area contributed by atoms with E-state index in [1.807, 2.05) is 12.3 Å². The Morgan fingerprint density at radius 2 is 2.43 bits per heavy atom. The monoisotopic (exact) mass is 306 g/mol. The molecule has 0 saturated carbocycles. The van der Waals surface area contributed by atoms with Gasteiger partial charge in [-0.15, -0.1) is 11.3 Å². The van der Waals surface area contributed by atoms with E-state index in [1.54, 1.807) is 18.3 Å². The predicted octanol–water partition coefficient (Wildman–Crippen LogP) is 3.29. The Morgan fingerprint density at radius 1 is 1.57 bits per heavy atom. The molecule has 2 rings (SSSR count). The highest BCUT2D eigenvalue weighted by molar-refractivity contribution is 7.13. The van der Waals surface area contributed by atoms with E-state index in [4.69, 9.17) is 4.74 Å². The SMILES string of the molecule is CCCOc1ccc(/C=N\Nc2nccs2)cc1[N+](=O)[O-]. The Hall–Kier alpha value is -2.48. The Kier molecular flexibility index (Phi) is 5.22. The van der Waals surface area contributed by atoms with E-state index < -0.39 is 4.92 Å². The Labute approximate surface area is 125 Å². The minimum absolute atomic E-state index is 0.0679. The van der Waals surface area contributed by atoms with Crippen LogP contribution in [0.25, 0.3) is 0 Å². The van der Waals surface area contributed by atoms with E-state index in [0.29, 0.717) is 17.3 Å². The summed E-state index contributed by atoms with van der Waals surface area (Å²) in [7, 11) is 0. The molecule has 0 bridgehead atoms. The van der Waals surface area contributed by atoms with Gasteiger partial charge >= 0.3 is 5.69 Å². The number of ether oxygens (including phenoxy) is 1. The van der Waals surface area contributed by atoms with Crippen molar-refractivity contribution in [2.75, 3.05) is 12.0 Å². The summed E-state index contributed by atoms with van der Waals surface area (Å²) in [5.41, 5.74) is 3.28. The van der Waals surface area contributed by atoms with Crippen LogP contribution in [0.2, 0.25) is 0 Å². The highest BCUT2D eigenvalue weighted by Crippen LogP contribution is 2.27. The quantitative estimate of drug-likeness (QED) is 0.481. The molecule has 0 spiro atoms. The van der Waals surface area contributed by atoms with Crippen LogP contribution >= 0.6 is 11.3 Å². The molecule has 0 fully saturated rings. The van der Waals surface area contributed by atoms with Gasteiger partial charge in [-0.05, 0) is 18.6 Å². The molecule has 0 aliphatic rings. The minimum atomic E-state index is -0.462. The molecule has 0 radical (unpaired) electrons. The molecular formula is C13H14N4O3S. The number of aromatic nitrogens is 1. The normalized spacial score (nSPS) is 10.7. The van der Waals surface area contributed by atoms with Crippen molar-refractivity contribution in [2.45, 2.75) is 13.3 Å². The van der Waals surface area contributed by atoms with Gasteiger partial charge in [-0.25, -0.2) is 4.98 Å². The number of benzene rings is 1. The number of nitro groups is 1. The molecule has 8 heteroatoms. The Morgan fingerprint density at radius 3 is 3.10 bits per heavy atom. The van der Waals surface area contributed by atoms with Crippen LogP contribution in [0.4, 0.5) is 10.8 Å². The number of rotatable bonds is 7. The number of hydrogen-bond donors (Lipinski definition) is 1. The van der Waals surface area contributed by atoms with E-state index >= 15 is 0 Å². The minimum Gasteiger partial charge on any atom is -0.487 e. The van der Waals surface area contributed by atoms with Crippen molar-refractivity contribution in [2.24, 2.45) is 5.10 Å². The van der Waals surface area contributed by atoms with Crippen LogP contribution in [0.3, 0.4) is 0 Å². The molecule has 0 aliphatic carbocycles. The zero-order chi connectivity index (χ0) is 15.1. The summed E-state index contributed by atoms with van der Waals surface area (Å²) in [6, 6.07) is 4.72. The maximum atomic E-state index is 11.1. The number of hydrogen-bond acceptors (Lipinski definition) is 7. The second-order valence-electron chi connectivity index (χ2n) is 4.04. The maximum Gasteiger partial charge on any atom is 0.311 e. The second kappa shape index (κ2) is 7.34. The summed E-state index contributed by atoms with van der Waals surface area (Å²) < 4.78 is 5.36. The lowest BCUT2D eigenvalue weighted by Crippen LogP contribution is -2.00. The summed E-state index contributed by atoms with van der Waals surface area (Å²) in [5.74, 6) is 0.270. The van der Waals surface area contributed by atoms with Gasteiger partial charge in [0.05, 0.1) is 17.7 Å². The van der Waals surface area contributed by atoms with Crippen molar-refractivity contribution in [3.05, 3.63) is 45.5 Å². The Balaban J connectivity index is 2.11. The van der Waals surface area contributed by atoms with Gasteiger partial charge in [0.2, 0.25) is 5.13 Å². The molecule has 1 N–H and O–H groups in total. The third kappa shape index (κ3) is 4.25. The van der Waals surface area contributed by atoms with Crippen LogP contribution in [0.1, 0.15) is 18.9 Å². The highest BCUT2D eigenvalue weighted by atomic mass is 32.1. The van der Waals surface area contributed by atoms with E-state index in [1.165, 1.54) is 23.6 Å². The van der Waals surface area contributed by atoms with Crippen LogP contribution < -0.4 is 10.2 Å². The van der Waals surface area contributed by atoms with Crippen molar-refractivity contribution < 1.29 is 9.66 Å². The fourth-order valence-electron chi connectivity index (χ4n) is 1.53. The van der Waals surface area contributed by atoms with Crippen LogP contribution in [0.5, 0.6) is 5.75 Å². The van der Waals surface area contributed by atoms with Gasteiger partial charge in [-0.2, -0.15) is 5.10 Å². The molecule has 0 amide bonds. The molecule has 110 valence electrons. The van der Waals surface area contributed by atoms with E-state index in [9.17, 15) is 10.1 Å². The fraction of sp³-hybridized carbons (Fsp3) is 0.231. The molecule has 7 nitrogen and oxygen atoms in total. The van der Waals surface area contributed by atoms with Crippen molar-refractivity contribution in [3.63, 3.8) is 0 Å². The third-order valence-electron chi connectivity index (χ3n) is 2.45. The summed E-state index contributed by atoms with van der Waals surface area (Å²) in [6.45, 7) is 2.39. The van der Waals surface area contributed by atoms with Crippen molar-refractivity contribution in [1.29, 1.82) is 0 Å². The fourth-order valence-corrected chi connectivity index (χ4v) is 2.01. The summed E-state index contributed by atoms with van der Waals surface area (Å²) in [4.78, 5) is 14.6. The Bertz CT molecular complexity index is 628. The lowest BCUT2D eigenvalue weighted by molar-refractivity contribution is -0.385. The van der Waals surface area contributed by atoms with E-state index in [0.717, 1.165) is 6.42 Å². The van der Waals surface area contributed by atoms with Crippen LogP contribution in [0.15, 0.2) is 34.9 Å². The van der Waals surface area contributed by atoms with Gasteiger partial charge in [0.1, 0.15) is 0 Å². The average molecular weight is 306 g/mol. The zero-order valence-electron chi connectivity index (χ0n) is 11.4. The topological polar surface area (TPSA) is 89.7 Å². The number of anilines is 1. The smallest absolute Gasteiger partial charge is 0.311 e. The third-order valence-corrected chi connectivity index (χ3v) is 3.13. The number of nitro benzene ring substituents is 1. The first-order valence-electron chi connectivity index (χ1n) is 6.30. The average Bonchev–Trinajstić information content (AvgIpc) is 2.99. The van der Waals surface area contributed by atoms with Crippen LogP contribution in [-0.4, -0.2) is 22.7 Å². The van der Waals surface area contributed by atoms with Crippen molar-refractivity contribution in [3.8, 4) is 5.75 Å². The predicted molar refractivity (Wildman–Crippen MR) is 82.2 cm³/mol. The van der Waals surface area contributed by atoms with E-state index in [-0.39, 0.29) is 11.4 Å². The molecule has 1 aromatic heterocycles. The van der Waals surface area contributed by atoms with Gasteiger partial charge in [0.25, 0.3) is 0 Å². The maximum absolute atomic E-state index is 11.1. The zero-order valence-corrected chi connectivity index (χ0v) is 12.2. The first-order chi connectivity index (χ1) is 10.2. The van der Waals surface area contributed by atoms with Gasteiger partial charge in [-0.1, -0.05) is 6.92 Å². The standard InChI is InChI=1S/C13H14N4O3S/c1-2-6-20-12-4-3-10(8-11(12)17(18)19)9-15-16-13-14-5-7-21-13/h3-5,7-9H,2,6H2,1H3,(H,14,16)/b15-9-. The molecule has 0 saturated heterocycles. The second-order valence-corrected chi connectivity index (χ2v) is 4.93. The summed E-state index contributed by atoms with van der Waals surface area (Å²) in [5, 5.41) is 17.5. The molecular weight excluding hydrogens is 292 g/mol. The largest absolute Gasteiger partial charge is 0.487 e. The molecule has 1 aromatic carbocycles. The molecule has 0 unspecified atom stereocenters. The first-order valence-corrected chi connectivity index (χ1v) is 7.18. The van der Waals surface area contributed by atoms with E-state index in [2.05, 4.69) is 15.5 Å². The number of nitrogens with one attached hydrogen (secondary N) is 1. The lowest BCUT2D eigenvalue weighted by atomic mass is 10.2. The molecule has 0 aliphatic heterocycles. The van der Waals surface area contributed by atoms with Gasteiger partial charge in [0.15, 0.2) is 5.75 Å². The van der Waals surface area contributed by atoms with Gasteiger partial charge in [-0.3, -0.25) is 15.5 Å².